The van der Waals surface area contributed by atoms with E-state index >= 15 is 0 Å². The Morgan fingerprint density at radius 2 is 1.82 bits per heavy atom. The Balaban J connectivity index is 0.000000218. The number of oxime groups is 1. The lowest BCUT2D eigenvalue weighted by molar-refractivity contribution is 0.321. The summed E-state index contributed by atoms with van der Waals surface area (Å²) in [4.78, 5) is 0. The number of nitrogens with two attached hydrogens (primary N) is 1. The van der Waals surface area contributed by atoms with Crippen molar-refractivity contribution in [2.24, 2.45) is 10.9 Å². The van der Waals surface area contributed by atoms with Crippen molar-refractivity contribution in [3.8, 4) is 0 Å². The highest BCUT2D eigenvalue weighted by atomic mass is 79.9. The van der Waals surface area contributed by atoms with E-state index in [2.05, 4.69) is 26.8 Å². The molecule has 0 saturated carbocycles. The Labute approximate surface area is 73.7 Å². The van der Waals surface area contributed by atoms with E-state index in [0.29, 0.717) is 0 Å². The van der Waals surface area contributed by atoms with Gasteiger partial charge in [-0.05, 0) is 12.1 Å². The molecule has 1 aromatic rings. The van der Waals surface area contributed by atoms with Gasteiger partial charge >= 0.3 is 0 Å². The average molecular weight is 217 g/mol. The van der Waals surface area contributed by atoms with Crippen LogP contribution in [0.1, 0.15) is 0 Å². The monoisotopic (exact) mass is 216 g/mol. The minimum absolute atomic E-state index is 0.806. The topological polar surface area (TPSA) is 58.6 Å². The first-order chi connectivity index (χ1) is 5.31. The van der Waals surface area contributed by atoms with Crippen molar-refractivity contribution in [3.05, 3.63) is 34.8 Å². The predicted octanol–water partition coefficient (Wildman–Crippen LogP) is 1.81. The molecule has 4 heteroatoms. The molecule has 0 saturated heterocycles. The molecule has 1 rings (SSSR count). The minimum Gasteiger partial charge on any atom is -0.410 e. The highest BCUT2D eigenvalue weighted by Crippen LogP contribution is 2.05. The first-order valence-corrected chi connectivity index (χ1v) is 3.68. The summed E-state index contributed by atoms with van der Waals surface area (Å²) in [6.07, 6.45) is 0.806. The van der Waals surface area contributed by atoms with Crippen molar-refractivity contribution in [2.45, 2.75) is 0 Å². The third-order valence-electron chi connectivity index (χ3n) is 0.800. The van der Waals surface area contributed by atoms with E-state index in [1.54, 1.807) is 0 Å². The highest BCUT2D eigenvalue weighted by molar-refractivity contribution is 9.10. The van der Waals surface area contributed by atoms with Gasteiger partial charge in [0.25, 0.3) is 0 Å². The third-order valence-corrected chi connectivity index (χ3v) is 1.33. The van der Waals surface area contributed by atoms with Crippen LogP contribution >= 0.6 is 15.9 Å². The fourth-order valence-corrected chi connectivity index (χ4v) is 0.720. The molecule has 0 aliphatic carbocycles. The SMILES string of the molecule is Brc1ccccc1.N/C=N/O. The molecule has 0 amide bonds. The molecule has 3 N–H and O–H groups in total. The van der Waals surface area contributed by atoms with Gasteiger partial charge < -0.3 is 10.9 Å². The van der Waals surface area contributed by atoms with Crippen LogP contribution in [-0.2, 0) is 0 Å². The van der Waals surface area contributed by atoms with Gasteiger partial charge in [-0.15, -0.1) is 0 Å². The second-order valence-corrected chi connectivity index (χ2v) is 2.48. The maximum absolute atomic E-state index is 7.32. The van der Waals surface area contributed by atoms with Crippen LogP contribution in [0.5, 0.6) is 0 Å². The molecule has 0 fully saturated rings. The van der Waals surface area contributed by atoms with E-state index in [1.165, 1.54) is 0 Å². The minimum atomic E-state index is 0.806. The Hall–Kier alpha value is -1.03. The first kappa shape index (κ1) is 9.97. The van der Waals surface area contributed by atoms with Crippen molar-refractivity contribution in [1.82, 2.24) is 0 Å². The fraction of sp³-hybridized carbons (Fsp3) is 0. The number of halogens is 1. The van der Waals surface area contributed by atoms with Gasteiger partial charge in [-0.25, -0.2) is 0 Å². The second kappa shape index (κ2) is 7.08. The molecule has 0 unspecified atom stereocenters. The molecule has 0 heterocycles. The number of hydrogen-bond acceptors (Lipinski definition) is 2. The molecule has 0 atom stereocenters. The molecular weight excluding hydrogens is 208 g/mol. The lowest BCUT2D eigenvalue weighted by Crippen LogP contribution is -1.85. The predicted molar refractivity (Wildman–Crippen MR) is 48.6 cm³/mol. The summed E-state index contributed by atoms with van der Waals surface area (Å²) in [7, 11) is 0. The van der Waals surface area contributed by atoms with Crippen LogP contribution in [0.25, 0.3) is 0 Å². The van der Waals surface area contributed by atoms with E-state index in [0.717, 1.165) is 10.8 Å². The normalized spacial score (nSPS) is 8.82. The molecule has 0 bridgehead atoms. The van der Waals surface area contributed by atoms with Gasteiger partial charge in [-0.3, -0.25) is 0 Å². The largest absolute Gasteiger partial charge is 0.410 e. The van der Waals surface area contributed by atoms with Gasteiger partial charge in [-0.2, -0.15) is 0 Å². The van der Waals surface area contributed by atoms with Crippen molar-refractivity contribution in [1.29, 1.82) is 0 Å². The van der Waals surface area contributed by atoms with Gasteiger partial charge in [-0.1, -0.05) is 39.3 Å². The van der Waals surface area contributed by atoms with E-state index in [4.69, 9.17) is 5.21 Å². The van der Waals surface area contributed by atoms with Gasteiger partial charge in [0, 0.05) is 4.47 Å². The zero-order chi connectivity index (χ0) is 8.53. The third kappa shape index (κ3) is 6.86. The number of benzene rings is 1. The number of hydrogen-bond donors (Lipinski definition) is 2. The van der Waals surface area contributed by atoms with Crippen LogP contribution in [0.2, 0.25) is 0 Å². The van der Waals surface area contributed by atoms with Crippen LogP contribution in [0.4, 0.5) is 0 Å². The van der Waals surface area contributed by atoms with Crippen LogP contribution in [0.15, 0.2) is 40.0 Å². The Bertz CT molecular complexity index is 197. The van der Waals surface area contributed by atoms with Gasteiger partial charge in [0.15, 0.2) is 0 Å². The summed E-state index contributed by atoms with van der Waals surface area (Å²) in [5.74, 6) is 0. The number of rotatable bonds is 0. The standard InChI is InChI=1S/C6H5Br.CH4N2O/c7-6-4-2-1-3-5-6;2-1-3-4/h1-5H;1,4H,(H2,2,3). The summed E-state index contributed by atoms with van der Waals surface area (Å²) in [6, 6.07) is 9.97. The summed E-state index contributed by atoms with van der Waals surface area (Å²) in [6.45, 7) is 0. The van der Waals surface area contributed by atoms with Gasteiger partial charge in [0.2, 0.25) is 0 Å². The second-order valence-electron chi connectivity index (χ2n) is 1.56. The summed E-state index contributed by atoms with van der Waals surface area (Å²) < 4.78 is 1.13. The van der Waals surface area contributed by atoms with Crippen molar-refractivity contribution in [2.75, 3.05) is 0 Å². The summed E-state index contributed by atoms with van der Waals surface area (Å²) in [5, 5.41) is 9.71. The fourth-order valence-electron chi connectivity index (χ4n) is 0.415. The maximum atomic E-state index is 7.32. The smallest absolute Gasteiger partial charge is 0.125 e. The van der Waals surface area contributed by atoms with Crippen LogP contribution in [-0.4, -0.2) is 11.5 Å². The molecule has 11 heavy (non-hydrogen) atoms. The molecule has 0 spiro atoms. The molecule has 0 aliphatic rings. The Kier molecular flexibility index (Phi) is 6.42. The maximum Gasteiger partial charge on any atom is 0.125 e. The molecule has 0 radical (unpaired) electrons. The molecule has 0 aromatic heterocycles. The van der Waals surface area contributed by atoms with Crippen molar-refractivity contribution >= 4 is 22.3 Å². The van der Waals surface area contributed by atoms with Crippen molar-refractivity contribution in [3.63, 3.8) is 0 Å². The number of nitrogens with zero attached hydrogens (tertiary/aromatic N) is 1. The van der Waals surface area contributed by atoms with E-state index in [9.17, 15) is 0 Å². The lowest BCUT2D eigenvalue weighted by Gasteiger charge is -1.80. The lowest BCUT2D eigenvalue weighted by atomic mass is 10.4. The molecular formula is C7H9BrN2O. The van der Waals surface area contributed by atoms with E-state index in [-0.39, 0.29) is 0 Å². The van der Waals surface area contributed by atoms with Gasteiger partial charge in [0.05, 0.1) is 0 Å². The summed E-state index contributed by atoms with van der Waals surface area (Å²) in [5.41, 5.74) is 4.49. The Morgan fingerprint density at radius 3 is 2.00 bits per heavy atom. The molecule has 60 valence electrons. The zero-order valence-electron chi connectivity index (χ0n) is 5.81. The zero-order valence-corrected chi connectivity index (χ0v) is 7.40. The van der Waals surface area contributed by atoms with Crippen LogP contribution in [0, 0.1) is 0 Å². The molecule has 0 aliphatic heterocycles. The van der Waals surface area contributed by atoms with Crippen molar-refractivity contribution < 1.29 is 5.21 Å². The summed E-state index contributed by atoms with van der Waals surface area (Å²) >= 11 is 3.31. The first-order valence-electron chi connectivity index (χ1n) is 2.89. The average Bonchev–Trinajstić information content (AvgIpc) is 2.07. The van der Waals surface area contributed by atoms with Crippen LogP contribution < -0.4 is 5.73 Å². The quantitative estimate of drug-likeness (QED) is 0.301. The van der Waals surface area contributed by atoms with Gasteiger partial charge in [0.1, 0.15) is 6.34 Å². The molecule has 3 nitrogen and oxygen atoms in total. The van der Waals surface area contributed by atoms with E-state index < -0.39 is 0 Å². The molecule has 1 aromatic carbocycles. The highest BCUT2D eigenvalue weighted by Gasteiger charge is 1.74. The van der Waals surface area contributed by atoms with Crippen LogP contribution in [0.3, 0.4) is 0 Å². The Morgan fingerprint density at radius 1 is 1.36 bits per heavy atom. The van der Waals surface area contributed by atoms with E-state index in [1.807, 2.05) is 30.3 Å².